The van der Waals surface area contributed by atoms with Crippen LogP contribution in [0, 0.1) is 6.92 Å². The Labute approximate surface area is 123 Å². The van der Waals surface area contributed by atoms with E-state index in [0.717, 1.165) is 11.3 Å². The van der Waals surface area contributed by atoms with Gasteiger partial charge in [0.05, 0.1) is 11.6 Å². The zero-order chi connectivity index (χ0) is 14.7. The van der Waals surface area contributed by atoms with Crippen molar-refractivity contribution in [2.45, 2.75) is 45.8 Å². The number of benzene rings is 1. The van der Waals surface area contributed by atoms with E-state index in [1.54, 1.807) is 0 Å². The van der Waals surface area contributed by atoms with E-state index in [9.17, 15) is 0 Å². The summed E-state index contributed by atoms with van der Waals surface area (Å²) in [7, 11) is -1.68. The van der Waals surface area contributed by atoms with Gasteiger partial charge in [-0.2, -0.15) is 0 Å². The van der Waals surface area contributed by atoms with Crippen LogP contribution in [0.3, 0.4) is 0 Å². The molecule has 0 heterocycles. The number of hydrogen-bond donors (Lipinski definition) is 0. The maximum atomic E-state index is 6.11. The first-order valence-corrected chi connectivity index (χ1v) is 9.95. The Balaban J connectivity index is 2.43. The van der Waals surface area contributed by atoms with Crippen LogP contribution in [0.2, 0.25) is 23.2 Å². The van der Waals surface area contributed by atoms with Gasteiger partial charge in [0.25, 0.3) is 0 Å². The van der Waals surface area contributed by atoms with Crippen LogP contribution in [-0.4, -0.2) is 21.5 Å². The van der Waals surface area contributed by atoms with Gasteiger partial charge < -0.3 is 9.16 Å². The molecule has 0 saturated carbocycles. The largest absolute Gasteiger partial charge is 0.490 e. The summed E-state index contributed by atoms with van der Waals surface area (Å²) < 4.78 is 11.7. The zero-order valence-electron chi connectivity index (χ0n) is 12.8. The van der Waals surface area contributed by atoms with Gasteiger partial charge >= 0.3 is 0 Å². The van der Waals surface area contributed by atoms with Crippen LogP contribution in [0.15, 0.2) is 18.2 Å². The molecule has 0 unspecified atom stereocenters. The average molecular weight is 301 g/mol. The van der Waals surface area contributed by atoms with E-state index in [1.165, 1.54) is 0 Å². The fraction of sp³-hybridized carbons (Fsp3) is 0.600. The number of halogens is 1. The van der Waals surface area contributed by atoms with Crippen LogP contribution in [0.25, 0.3) is 0 Å². The lowest BCUT2D eigenvalue weighted by Crippen LogP contribution is -2.41. The molecule has 19 heavy (non-hydrogen) atoms. The molecule has 108 valence electrons. The van der Waals surface area contributed by atoms with Crippen molar-refractivity contribution in [3.05, 3.63) is 28.8 Å². The minimum absolute atomic E-state index is 0.231. The number of rotatable bonds is 5. The summed E-state index contributed by atoms with van der Waals surface area (Å²) in [6.07, 6.45) is 0. The second-order valence-electron chi connectivity index (χ2n) is 6.39. The van der Waals surface area contributed by atoms with Gasteiger partial charge in [-0.25, -0.2) is 0 Å². The molecule has 0 saturated heterocycles. The zero-order valence-corrected chi connectivity index (χ0v) is 14.6. The summed E-state index contributed by atoms with van der Waals surface area (Å²) >= 11 is 6.11. The molecule has 2 nitrogen and oxygen atoms in total. The van der Waals surface area contributed by atoms with Crippen LogP contribution in [0.1, 0.15) is 26.3 Å². The standard InChI is InChI=1S/C15H25ClO2Si/c1-12-7-8-14(13(16)11-12)17-9-10-18-19(5,6)15(2,3)4/h7-8,11H,9-10H2,1-6H3. The van der Waals surface area contributed by atoms with Crippen LogP contribution < -0.4 is 4.74 Å². The van der Waals surface area contributed by atoms with Gasteiger partial charge in [0, 0.05) is 0 Å². The van der Waals surface area contributed by atoms with E-state index in [0.29, 0.717) is 18.2 Å². The third-order valence-corrected chi connectivity index (χ3v) is 8.53. The van der Waals surface area contributed by atoms with Crippen molar-refractivity contribution in [3.8, 4) is 5.75 Å². The van der Waals surface area contributed by atoms with E-state index in [4.69, 9.17) is 20.8 Å². The monoisotopic (exact) mass is 300 g/mol. The summed E-state index contributed by atoms with van der Waals surface area (Å²) in [4.78, 5) is 0. The highest BCUT2D eigenvalue weighted by Gasteiger charge is 2.36. The molecule has 0 spiro atoms. The number of hydrogen-bond acceptors (Lipinski definition) is 2. The number of ether oxygens (including phenoxy) is 1. The van der Waals surface area contributed by atoms with Crippen molar-refractivity contribution >= 4 is 19.9 Å². The minimum Gasteiger partial charge on any atom is -0.490 e. The maximum absolute atomic E-state index is 6.11. The summed E-state index contributed by atoms with van der Waals surface area (Å²) in [5, 5.41) is 0.890. The number of aryl methyl sites for hydroxylation is 1. The molecule has 1 aromatic rings. The average Bonchev–Trinajstić information content (AvgIpc) is 2.25. The van der Waals surface area contributed by atoms with Crippen molar-refractivity contribution in [1.82, 2.24) is 0 Å². The van der Waals surface area contributed by atoms with Crippen molar-refractivity contribution in [2.75, 3.05) is 13.2 Å². The molecule has 0 fully saturated rings. The van der Waals surface area contributed by atoms with E-state index in [-0.39, 0.29) is 5.04 Å². The lowest BCUT2D eigenvalue weighted by Gasteiger charge is -2.36. The second-order valence-corrected chi connectivity index (χ2v) is 11.6. The Morgan fingerprint density at radius 1 is 1.16 bits per heavy atom. The van der Waals surface area contributed by atoms with Crippen LogP contribution in [-0.2, 0) is 4.43 Å². The molecule has 0 atom stereocenters. The van der Waals surface area contributed by atoms with Crippen LogP contribution in [0.4, 0.5) is 0 Å². The first kappa shape index (κ1) is 16.5. The molecule has 0 N–H and O–H groups in total. The summed E-state index contributed by atoms with van der Waals surface area (Å²) in [6.45, 7) is 14.3. The summed E-state index contributed by atoms with van der Waals surface area (Å²) in [5.41, 5.74) is 1.13. The molecule has 4 heteroatoms. The predicted molar refractivity (Wildman–Crippen MR) is 84.8 cm³/mol. The third-order valence-electron chi connectivity index (χ3n) is 3.70. The highest BCUT2D eigenvalue weighted by Crippen LogP contribution is 2.36. The van der Waals surface area contributed by atoms with Gasteiger partial charge in [0.2, 0.25) is 0 Å². The van der Waals surface area contributed by atoms with Gasteiger partial charge in [0.15, 0.2) is 8.32 Å². The molecular formula is C15H25ClO2Si. The normalized spacial score (nSPS) is 12.6. The second kappa shape index (κ2) is 6.29. The third kappa shape index (κ3) is 4.82. The van der Waals surface area contributed by atoms with Crippen molar-refractivity contribution < 1.29 is 9.16 Å². The van der Waals surface area contributed by atoms with Crippen LogP contribution in [0.5, 0.6) is 5.75 Å². The molecule has 0 bridgehead atoms. The first-order chi connectivity index (χ1) is 8.63. The highest BCUT2D eigenvalue weighted by atomic mass is 35.5. The van der Waals surface area contributed by atoms with E-state index in [2.05, 4.69) is 33.9 Å². The Bertz CT molecular complexity index is 425. The van der Waals surface area contributed by atoms with E-state index in [1.807, 2.05) is 25.1 Å². The molecule has 0 aliphatic rings. The molecular weight excluding hydrogens is 276 g/mol. The van der Waals surface area contributed by atoms with Crippen molar-refractivity contribution in [2.24, 2.45) is 0 Å². The molecule has 0 aliphatic carbocycles. The molecule has 0 aliphatic heterocycles. The SMILES string of the molecule is Cc1ccc(OCCO[Si](C)(C)C(C)(C)C)c(Cl)c1. The first-order valence-electron chi connectivity index (χ1n) is 6.66. The smallest absolute Gasteiger partial charge is 0.192 e. The Hall–Kier alpha value is -0.513. The van der Waals surface area contributed by atoms with Gasteiger partial charge in [-0.15, -0.1) is 0 Å². The predicted octanol–water partition coefficient (Wildman–Crippen LogP) is 5.05. The van der Waals surface area contributed by atoms with Gasteiger partial charge in [-0.3, -0.25) is 0 Å². The molecule has 0 radical (unpaired) electrons. The van der Waals surface area contributed by atoms with Gasteiger partial charge in [-0.1, -0.05) is 38.4 Å². The molecule has 1 aromatic carbocycles. The van der Waals surface area contributed by atoms with Gasteiger partial charge in [0.1, 0.15) is 12.4 Å². The summed E-state index contributed by atoms with van der Waals surface area (Å²) in [5.74, 6) is 0.728. The van der Waals surface area contributed by atoms with Crippen molar-refractivity contribution in [1.29, 1.82) is 0 Å². The lowest BCUT2D eigenvalue weighted by molar-refractivity contribution is 0.203. The van der Waals surface area contributed by atoms with Gasteiger partial charge in [-0.05, 0) is 42.8 Å². The highest BCUT2D eigenvalue weighted by molar-refractivity contribution is 6.74. The topological polar surface area (TPSA) is 18.5 Å². The fourth-order valence-electron chi connectivity index (χ4n) is 1.39. The summed E-state index contributed by atoms with van der Waals surface area (Å²) in [6, 6.07) is 5.81. The molecule has 1 rings (SSSR count). The van der Waals surface area contributed by atoms with E-state index >= 15 is 0 Å². The fourth-order valence-corrected chi connectivity index (χ4v) is 2.70. The maximum Gasteiger partial charge on any atom is 0.192 e. The van der Waals surface area contributed by atoms with Crippen LogP contribution >= 0.6 is 11.6 Å². The Kier molecular flexibility index (Phi) is 5.48. The van der Waals surface area contributed by atoms with Crippen molar-refractivity contribution in [3.63, 3.8) is 0 Å². The minimum atomic E-state index is -1.68. The van der Waals surface area contributed by atoms with E-state index < -0.39 is 8.32 Å². The quantitative estimate of drug-likeness (QED) is 0.559. The molecule has 0 amide bonds. The Morgan fingerprint density at radius 2 is 1.79 bits per heavy atom. The lowest BCUT2D eigenvalue weighted by atomic mass is 10.2. The molecule has 0 aromatic heterocycles. The Morgan fingerprint density at radius 3 is 2.32 bits per heavy atom.